The number of nitriles is 1. The molecule has 2 fully saturated rings. The first-order valence-corrected chi connectivity index (χ1v) is 9.77. The summed E-state index contributed by atoms with van der Waals surface area (Å²) in [6.45, 7) is 9.69. The lowest BCUT2D eigenvalue weighted by Gasteiger charge is -2.37. The molecule has 0 radical (unpaired) electrons. The quantitative estimate of drug-likeness (QED) is 0.787. The minimum absolute atomic E-state index is 0.451. The SMILES string of the molecule is Cc1cc(N2CCN(C)CC2)nc(N2CCN(c3ccc(C#N)nc3)CC2)n1. The van der Waals surface area contributed by atoms with E-state index in [1.807, 2.05) is 13.0 Å². The van der Waals surface area contributed by atoms with Crippen LogP contribution >= 0.6 is 0 Å². The highest BCUT2D eigenvalue weighted by Gasteiger charge is 2.22. The van der Waals surface area contributed by atoms with Gasteiger partial charge < -0.3 is 19.6 Å². The summed E-state index contributed by atoms with van der Waals surface area (Å²) in [6, 6.07) is 7.89. The summed E-state index contributed by atoms with van der Waals surface area (Å²) in [5.41, 5.74) is 2.52. The van der Waals surface area contributed by atoms with E-state index in [4.69, 9.17) is 15.2 Å². The van der Waals surface area contributed by atoms with Gasteiger partial charge >= 0.3 is 0 Å². The smallest absolute Gasteiger partial charge is 0.227 e. The monoisotopic (exact) mass is 378 g/mol. The van der Waals surface area contributed by atoms with Crippen molar-refractivity contribution < 1.29 is 0 Å². The second-order valence-corrected chi connectivity index (χ2v) is 7.45. The number of aromatic nitrogens is 3. The molecule has 146 valence electrons. The van der Waals surface area contributed by atoms with Gasteiger partial charge in [-0.25, -0.2) is 9.97 Å². The highest BCUT2D eigenvalue weighted by molar-refractivity contribution is 5.50. The van der Waals surface area contributed by atoms with Crippen LogP contribution in [0.25, 0.3) is 0 Å². The third-order valence-corrected chi connectivity index (χ3v) is 5.45. The molecule has 0 amide bonds. The lowest BCUT2D eigenvalue weighted by molar-refractivity contribution is 0.312. The van der Waals surface area contributed by atoms with Crippen molar-refractivity contribution in [2.45, 2.75) is 6.92 Å². The first kappa shape index (κ1) is 18.4. The molecule has 2 aromatic heterocycles. The van der Waals surface area contributed by atoms with Crippen molar-refractivity contribution in [1.82, 2.24) is 19.9 Å². The van der Waals surface area contributed by atoms with Gasteiger partial charge in [0.2, 0.25) is 5.95 Å². The van der Waals surface area contributed by atoms with Crippen molar-refractivity contribution in [3.8, 4) is 6.07 Å². The van der Waals surface area contributed by atoms with Gasteiger partial charge in [0.1, 0.15) is 17.6 Å². The van der Waals surface area contributed by atoms with Crippen molar-refractivity contribution in [1.29, 1.82) is 5.26 Å². The zero-order chi connectivity index (χ0) is 19.5. The van der Waals surface area contributed by atoms with E-state index in [2.05, 4.69) is 43.8 Å². The highest BCUT2D eigenvalue weighted by atomic mass is 15.3. The van der Waals surface area contributed by atoms with E-state index in [0.29, 0.717) is 5.69 Å². The molecule has 0 aromatic carbocycles. The molecular weight excluding hydrogens is 352 g/mol. The molecule has 2 aromatic rings. The fraction of sp³-hybridized carbons (Fsp3) is 0.500. The summed E-state index contributed by atoms with van der Waals surface area (Å²) in [6.07, 6.45) is 1.78. The number of hydrogen-bond acceptors (Lipinski definition) is 8. The molecule has 0 unspecified atom stereocenters. The van der Waals surface area contributed by atoms with Crippen LogP contribution < -0.4 is 14.7 Å². The van der Waals surface area contributed by atoms with Crippen LogP contribution in [0.5, 0.6) is 0 Å². The van der Waals surface area contributed by atoms with Gasteiger partial charge in [-0.15, -0.1) is 0 Å². The Morgan fingerprint density at radius 1 is 0.893 bits per heavy atom. The first-order valence-electron chi connectivity index (χ1n) is 9.77. The number of nitrogens with zero attached hydrogens (tertiary/aromatic N) is 8. The number of hydrogen-bond donors (Lipinski definition) is 0. The average Bonchev–Trinajstić information content (AvgIpc) is 2.74. The van der Waals surface area contributed by atoms with Crippen LogP contribution in [0.4, 0.5) is 17.5 Å². The fourth-order valence-corrected chi connectivity index (χ4v) is 3.68. The number of anilines is 3. The molecule has 8 nitrogen and oxygen atoms in total. The summed E-state index contributed by atoms with van der Waals surface area (Å²) in [4.78, 5) is 23.0. The lowest BCUT2D eigenvalue weighted by atomic mass is 10.2. The number of pyridine rings is 1. The molecule has 2 saturated heterocycles. The molecular formula is C20H26N8. The molecule has 0 aliphatic carbocycles. The number of rotatable bonds is 3. The summed E-state index contributed by atoms with van der Waals surface area (Å²) in [7, 11) is 2.16. The largest absolute Gasteiger partial charge is 0.367 e. The van der Waals surface area contributed by atoms with Crippen LogP contribution in [-0.4, -0.2) is 79.3 Å². The molecule has 0 N–H and O–H groups in total. The topological polar surface area (TPSA) is 75.4 Å². The predicted molar refractivity (Wildman–Crippen MR) is 110 cm³/mol. The van der Waals surface area contributed by atoms with Crippen molar-refractivity contribution in [3.63, 3.8) is 0 Å². The number of likely N-dealkylation sites (N-methyl/N-ethyl adjacent to an activating group) is 1. The number of piperazine rings is 2. The third-order valence-electron chi connectivity index (χ3n) is 5.45. The van der Waals surface area contributed by atoms with Gasteiger partial charge in [0.25, 0.3) is 0 Å². The van der Waals surface area contributed by atoms with Gasteiger partial charge in [-0.2, -0.15) is 10.2 Å². The van der Waals surface area contributed by atoms with Crippen molar-refractivity contribution in [2.24, 2.45) is 0 Å². The average molecular weight is 378 g/mol. The van der Waals surface area contributed by atoms with Crippen LogP contribution in [0.1, 0.15) is 11.4 Å². The van der Waals surface area contributed by atoms with Gasteiger partial charge in [0, 0.05) is 64.1 Å². The molecule has 2 aliphatic rings. The molecule has 4 rings (SSSR count). The normalized spacial score (nSPS) is 18.2. The van der Waals surface area contributed by atoms with E-state index < -0.39 is 0 Å². The Morgan fingerprint density at radius 3 is 2.21 bits per heavy atom. The van der Waals surface area contributed by atoms with E-state index in [0.717, 1.165) is 75.5 Å². The van der Waals surface area contributed by atoms with Crippen molar-refractivity contribution in [2.75, 3.05) is 74.1 Å². The summed E-state index contributed by atoms with van der Waals surface area (Å²) in [5, 5.41) is 8.90. The van der Waals surface area contributed by atoms with Crippen LogP contribution in [-0.2, 0) is 0 Å². The van der Waals surface area contributed by atoms with Crippen LogP contribution in [0.2, 0.25) is 0 Å². The Labute approximate surface area is 166 Å². The van der Waals surface area contributed by atoms with E-state index in [1.54, 1.807) is 12.3 Å². The third kappa shape index (κ3) is 3.99. The van der Waals surface area contributed by atoms with Crippen LogP contribution in [0.3, 0.4) is 0 Å². The van der Waals surface area contributed by atoms with Crippen LogP contribution in [0, 0.1) is 18.3 Å². The zero-order valence-electron chi connectivity index (χ0n) is 16.5. The summed E-state index contributed by atoms with van der Waals surface area (Å²) < 4.78 is 0. The molecule has 2 aliphatic heterocycles. The van der Waals surface area contributed by atoms with Gasteiger partial charge in [0.15, 0.2) is 0 Å². The van der Waals surface area contributed by atoms with E-state index in [9.17, 15) is 0 Å². The second-order valence-electron chi connectivity index (χ2n) is 7.45. The van der Waals surface area contributed by atoms with Crippen molar-refractivity contribution >= 4 is 17.5 Å². The Bertz CT molecular complexity index is 843. The highest BCUT2D eigenvalue weighted by Crippen LogP contribution is 2.21. The standard InChI is InChI=1S/C20H26N8/c1-16-13-19(27-7-5-25(2)6-8-27)24-20(23-16)28-11-9-26(10-12-28)18-4-3-17(14-21)22-15-18/h3-4,13,15H,5-12H2,1-2H3. The zero-order valence-corrected chi connectivity index (χ0v) is 16.5. The first-order chi connectivity index (χ1) is 13.6. The van der Waals surface area contributed by atoms with Gasteiger partial charge in [-0.05, 0) is 26.1 Å². The van der Waals surface area contributed by atoms with E-state index in [-0.39, 0.29) is 0 Å². The predicted octanol–water partition coefficient (Wildman–Crippen LogP) is 1.13. The Balaban J connectivity index is 1.43. The summed E-state index contributed by atoms with van der Waals surface area (Å²) >= 11 is 0. The van der Waals surface area contributed by atoms with Gasteiger partial charge in [0.05, 0.1) is 11.9 Å². The molecule has 28 heavy (non-hydrogen) atoms. The van der Waals surface area contributed by atoms with Crippen LogP contribution in [0.15, 0.2) is 24.4 Å². The fourth-order valence-electron chi connectivity index (χ4n) is 3.68. The Kier molecular flexibility index (Phi) is 5.26. The Morgan fingerprint density at radius 2 is 1.57 bits per heavy atom. The van der Waals surface area contributed by atoms with E-state index >= 15 is 0 Å². The molecule has 0 saturated carbocycles. The molecule has 0 bridgehead atoms. The second kappa shape index (κ2) is 7.98. The molecule has 0 spiro atoms. The summed E-state index contributed by atoms with van der Waals surface area (Å²) in [5.74, 6) is 1.86. The minimum Gasteiger partial charge on any atom is -0.367 e. The van der Waals surface area contributed by atoms with Crippen molar-refractivity contribution in [3.05, 3.63) is 35.8 Å². The molecule has 0 atom stereocenters. The van der Waals surface area contributed by atoms with Gasteiger partial charge in [-0.1, -0.05) is 0 Å². The molecule has 4 heterocycles. The van der Waals surface area contributed by atoms with Gasteiger partial charge in [-0.3, -0.25) is 0 Å². The van der Waals surface area contributed by atoms with E-state index in [1.165, 1.54) is 0 Å². The maximum absolute atomic E-state index is 8.90. The Hall–Kier alpha value is -2.92. The number of aryl methyl sites for hydroxylation is 1. The molecule has 8 heteroatoms. The lowest BCUT2D eigenvalue weighted by Crippen LogP contribution is -2.47. The maximum atomic E-state index is 8.90. The minimum atomic E-state index is 0.451. The maximum Gasteiger partial charge on any atom is 0.227 e.